The van der Waals surface area contributed by atoms with Crippen molar-refractivity contribution in [2.75, 3.05) is 7.11 Å². The number of ether oxygens (including phenoxy) is 1. The molecule has 1 aromatic carbocycles. The molecule has 106 valence electrons. The van der Waals surface area contributed by atoms with Gasteiger partial charge in [0.1, 0.15) is 5.75 Å². The number of aliphatic imine (C=N–C) groups is 1. The number of nitrogens with zero attached hydrogens (tertiary/aromatic N) is 2. The molecule has 1 aliphatic rings. The van der Waals surface area contributed by atoms with Gasteiger partial charge < -0.3 is 4.74 Å². The van der Waals surface area contributed by atoms with Crippen LogP contribution in [-0.4, -0.2) is 23.6 Å². The lowest BCUT2D eigenvalue weighted by atomic mass is 9.94. The Morgan fingerprint density at radius 2 is 1.95 bits per heavy atom. The maximum Gasteiger partial charge on any atom is 0.172 e. The molecule has 0 unspecified atom stereocenters. The molecule has 0 saturated heterocycles. The summed E-state index contributed by atoms with van der Waals surface area (Å²) in [5, 5.41) is 0. The molecule has 0 saturated carbocycles. The number of methoxy groups -OCH3 is 1. The lowest BCUT2D eigenvalue weighted by molar-refractivity contribution is 0.0999. The van der Waals surface area contributed by atoms with Crippen molar-refractivity contribution in [1.82, 2.24) is 4.98 Å². The van der Waals surface area contributed by atoms with E-state index in [1.807, 2.05) is 44.2 Å². The molecule has 21 heavy (non-hydrogen) atoms. The standard InChI is InChI=1S/C17H16N2O2/c1-10-8-11(2)18-17-16(10)14(20)9-13(19-17)12-6-4-5-7-15(12)21-3/h4-8H,9H2,1-3H3. The van der Waals surface area contributed by atoms with Crippen LogP contribution in [0.3, 0.4) is 0 Å². The number of fused-ring (bicyclic) bond motifs is 1. The van der Waals surface area contributed by atoms with Gasteiger partial charge in [0.25, 0.3) is 0 Å². The van der Waals surface area contributed by atoms with E-state index in [2.05, 4.69) is 9.98 Å². The third kappa shape index (κ3) is 2.33. The smallest absolute Gasteiger partial charge is 0.172 e. The fraction of sp³-hybridized carbons (Fsp3) is 0.235. The molecular weight excluding hydrogens is 264 g/mol. The monoisotopic (exact) mass is 280 g/mol. The SMILES string of the molecule is COc1ccccc1C1=Nc2nc(C)cc(C)c2C(=O)C1. The Labute approximate surface area is 123 Å². The zero-order valence-corrected chi connectivity index (χ0v) is 12.3. The van der Waals surface area contributed by atoms with E-state index in [-0.39, 0.29) is 12.2 Å². The first kappa shape index (κ1) is 13.5. The van der Waals surface area contributed by atoms with Gasteiger partial charge in [-0.25, -0.2) is 9.98 Å². The highest BCUT2D eigenvalue weighted by Gasteiger charge is 2.25. The van der Waals surface area contributed by atoms with Gasteiger partial charge in [-0.3, -0.25) is 4.79 Å². The zero-order chi connectivity index (χ0) is 15.0. The number of para-hydroxylation sites is 1. The van der Waals surface area contributed by atoms with Gasteiger partial charge in [0.2, 0.25) is 0 Å². The fourth-order valence-corrected chi connectivity index (χ4v) is 2.69. The number of benzene rings is 1. The molecule has 1 aliphatic heterocycles. The first-order valence-corrected chi connectivity index (χ1v) is 6.82. The largest absolute Gasteiger partial charge is 0.496 e. The van der Waals surface area contributed by atoms with Crippen LogP contribution in [0.15, 0.2) is 35.3 Å². The summed E-state index contributed by atoms with van der Waals surface area (Å²) in [7, 11) is 1.62. The predicted octanol–water partition coefficient (Wildman–Crippen LogP) is 3.41. The molecule has 4 nitrogen and oxygen atoms in total. The van der Waals surface area contributed by atoms with Crippen LogP contribution in [0.25, 0.3) is 0 Å². The van der Waals surface area contributed by atoms with Crippen molar-refractivity contribution in [2.45, 2.75) is 20.3 Å². The fourth-order valence-electron chi connectivity index (χ4n) is 2.69. The first-order valence-electron chi connectivity index (χ1n) is 6.82. The summed E-state index contributed by atoms with van der Waals surface area (Å²) in [4.78, 5) is 21.4. The van der Waals surface area contributed by atoms with Crippen LogP contribution >= 0.6 is 0 Å². The summed E-state index contributed by atoms with van der Waals surface area (Å²) in [5.74, 6) is 1.30. The molecule has 0 aliphatic carbocycles. The third-order valence-corrected chi connectivity index (χ3v) is 3.59. The molecule has 0 spiro atoms. The molecule has 3 rings (SSSR count). The van der Waals surface area contributed by atoms with E-state index in [0.29, 0.717) is 17.1 Å². The summed E-state index contributed by atoms with van der Waals surface area (Å²) in [6.45, 7) is 3.83. The van der Waals surface area contributed by atoms with Crippen LogP contribution in [0.1, 0.15) is 33.6 Å². The predicted molar refractivity (Wildman–Crippen MR) is 81.8 cm³/mol. The van der Waals surface area contributed by atoms with Crippen LogP contribution in [0.5, 0.6) is 5.75 Å². The molecular formula is C17H16N2O2. The van der Waals surface area contributed by atoms with E-state index in [4.69, 9.17) is 4.74 Å². The van der Waals surface area contributed by atoms with Crippen molar-refractivity contribution in [3.63, 3.8) is 0 Å². The van der Waals surface area contributed by atoms with Crippen molar-refractivity contribution in [3.05, 3.63) is 52.7 Å². The number of carbonyl (C=O) groups excluding carboxylic acids is 1. The highest BCUT2D eigenvalue weighted by molar-refractivity contribution is 6.21. The summed E-state index contributed by atoms with van der Waals surface area (Å²) in [5.41, 5.74) is 4.00. The van der Waals surface area contributed by atoms with Crippen LogP contribution in [0, 0.1) is 13.8 Å². The van der Waals surface area contributed by atoms with Gasteiger partial charge in [0, 0.05) is 11.3 Å². The second-order valence-corrected chi connectivity index (χ2v) is 5.14. The van der Waals surface area contributed by atoms with Crippen molar-refractivity contribution >= 4 is 17.3 Å². The molecule has 0 radical (unpaired) electrons. The molecule has 2 heterocycles. The van der Waals surface area contributed by atoms with E-state index in [0.717, 1.165) is 22.6 Å². The maximum absolute atomic E-state index is 12.4. The number of aromatic nitrogens is 1. The van der Waals surface area contributed by atoms with Crippen molar-refractivity contribution in [3.8, 4) is 5.75 Å². The Morgan fingerprint density at radius 3 is 2.71 bits per heavy atom. The molecule has 1 aromatic heterocycles. The van der Waals surface area contributed by atoms with Gasteiger partial charge in [-0.1, -0.05) is 12.1 Å². The number of hydrogen-bond acceptors (Lipinski definition) is 4. The quantitative estimate of drug-likeness (QED) is 0.847. The second kappa shape index (κ2) is 5.13. The van der Waals surface area contributed by atoms with Gasteiger partial charge in [-0.2, -0.15) is 0 Å². The third-order valence-electron chi connectivity index (χ3n) is 3.59. The minimum Gasteiger partial charge on any atom is -0.496 e. The Hall–Kier alpha value is -2.49. The van der Waals surface area contributed by atoms with Crippen LogP contribution in [0.4, 0.5) is 5.82 Å². The van der Waals surface area contributed by atoms with E-state index >= 15 is 0 Å². The van der Waals surface area contributed by atoms with Crippen LogP contribution in [0.2, 0.25) is 0 Å². The average molecular weight is 280 g/mol. The van der Waals surface area contributed by atoms with Gasteiger partial charge in [-0.05, 0) is 37.6 Å². The number of Topliss-reactive ketones (excluding diaryl/α,β-unsaturated/α-hetero) is 1. The number of aryl methyl sites for hydroxylation is 2. The minimum absolute atomic E-state index is 0.0610. The highest BCUT2D eigenvalue weighted by atomic mass is 16.5. The second-order valence-electron chi connectivity index (χ2n) is 5.14. The van der Waals surface area contributed by atoms with Crippen molar-refractivity contribution < 1.29 is 9.53 Å². The number of hydrogen-bond donors (Lipinski definition) is 0. The molecule has 2 aromatic rings. The molecule has 0 atom stereocenters. The summed E-state index contributed by atoms with van der Waals surface area (Å²) in [6.07, 6.45) is 0.277. The van der Waals surface area contributed by atoms with E-state index < -0.39 is 0 Å². The normalized spacial score (nSPS) is 13.7. The Balaban J connectivity index is 2.18. The van der Waals surface area contributed by atoms with Gasteiger partial charge in [0.05, 0.1) is 24.8 Å². The molecule has 0 fully saturated rings. The van der Waals surface area contributed by atoms with Crippen molar-refractivity contribution in [2.24, 2.45) is 4.99 Å². The number of ketones is 1. The minimum atomic E-state index is 0.0610. The van der Waals surface area contributed by atoms with Crippen LogP contribution < -0.4 is 4.74 Å². The lowest BCUT2D eigenvalue weighted by Gasteiger charge is -2.18. The topological polar surface area (TPSA) is 51.6 Å². The summed E-state index contributed by atoms with van der Waals surface area (Å²) >= 11 is 0. The van der Waals surface area contributed by atoms with E-state index in [9.17, 15) is 4.79 Å². The number of pyridine rings is 1. The van der Waals surface area contributed by atoms with Gasteiger partial charge in [-0.15, -0.1) is 0 Å². The molecule has 0 bridgehead atoms. The Bertz CT molecular complexity index is 763. The molecule has 4 heteroatoms. The Morgan fingerprint density at radius 1 is 1.19 bits per heavy atom. The molecule has 0 N–H and O–H groups in total. The molecule has 0 amide bonds. The average Bonchev–Trinajstić information content (AvgIpc) is 2.45. The van der Waals surface area contributed by atoms with Gasteiger partial charge >= 0.3 is 0 Å². The first-order chi connectivity index (χ1) is 10.1. The highest BCUT2D eigenvalue weighted by Crippen LogP contribution is 2.31. The summed E-state index contributed by atoms with van der Waals surface area (Å²) < 4.78 is 5.36. The van der Waals surface area contributed by atoms with Crippen LogP contribution in [-0.2, 0) is 0 Å². The Kier molecular flexibility index (Phi) is 3.29. The maximum atomic E-state index is 12.4. The summed E-state index contributed by atoms with van der Waals surface area (Å²) in [6, 6.07) is 9.51. The van der Waals surface area contributed by atoms with E-state index in [1.54, 1.807) is 7.11 Å². The van der Waals surface area contributed by atoms with Gasteiger partial charge in [0.15, 0.2) is 11.6 Å². The number of rotatable bonds is 2. The zero-order valence-electron chi connectivity index (χ0n) is 12.3. The number of carbonyl (C=O) groups is 1. The van der Waals surface area contributed by atoms with E-state index in [1.165, 1.54) is 0 Å². The van der Waals surface area contributed by atoms with Crippen molar-refractivity contribution in [1.29, 1.82) is 0 Å². The lowest BCUT2D eigenvalue weighted by Crippen LogP contribution is -2.17.